The van der Waals surface area contributed by atoms with Crippen LogP contribution in [0.25, 0.3) is 0 Å². The van der Waals surface area contributed by atoms with E-state index in [1.807, 2.05) is 30.3 Å². The number of nitrogens with zero attached hydrogens (tertiary/aromatic N) is 2. The Labute approximate surface area is 177 Å². The second-order valence-corrected chi connectivity index (χ2v) is 8.63. The highest BCUT2D eigenvalue weighted by atomic mass is 32.2. The van der Waals surface area contributed by atoms with Crippen molar-refractivity contribution in [3.63, 3.8) is 0 Å². The van der Waals surface area contributed by atoms with Gasteiger partial charge in [-0.2, -0.15) is 0 Å². The van der Waals surface area contributed by atoms with Gasteiger partial charge >= 0.3 is 5.97 Å². The smallest absolute Gasteiger partial charge is 0.328 e. The first-order valence-electron chi connectivity index (χ1n) is 9.65. The fourth-order valence-electron chi connectivity index (χ4n) is 3.70. The third-order valence-corrected chi connectivity index (χ3v) is 6.06. The van der Waals surface area contributed by atoms with Gasteiger partial charge in [0.15, 0.2) is 11.2 Å². The first-order chi connectivity index (χ1) is 14.3. The van der Waals surface area contributed by atoms with Crippen LogP contribution in [0, 0.1) is 0 Å². The Morgan fingerprint density at radius 2 is 1.93 bits per heavy atom. The van der Waals surface area contributed by atoms with E-state index in [0.717, 1.165) is 22.3 Å². The van der Waals surface area contributed by atoms with Crippen LogP contribution in [0.15, 0.2) is 30.3 Å². The minimum atomic E-state index is -1.19. The molecule has 3 rings (SSSR count). The summed E-state index contributed by atoms with van der Waals surface area (Å²) in [6, 6.07) is 6.85. The van der Waals surface area contributed by atoms with Crippen molar-refractivity contribution >= 4 is 40.6 Å². The molecule has 2 aliphatic heterocycles. The van der Waals surface area contributed by atoms with Crippen molar-refractivity contribution in [3.8, 4) is 0 Å². The van der Waals surface area contributed by atoms with E-state index < -0.39 is 41.0 Å². The Bertz CT molecular complexity index is 855. The minimum absolute atomic E-state index is 0.238. The van der Waals surface area contributed by atoms with Crippen LogP contribution < -0.4 is 5.32 Å². The van der Waals surface area contributed by atoms with Crippen LogP contribution in [0.1, 0.15) is 31.7 Å². The molecule has 9 nitrogen and oxygen atoms in total. The van der Waals surface area contributed by atoms with Crippen LogP contribution in [0.3, 0.4) is 0 Å². The van der Waals surface area contributed by atoms with Crippen LogP contribution >= 0.6 is 11.8 Å². The van der Waals surface area contributed by atoms with Gasteiger partial charge in [0.1, 0.15) is 6.04 Å². The van der Waals surface area contributed by atoms with Gasteiger partial charge in [-0.3, -0.25) is 24.2 Å². The maximum Gasteiger partial charge on any atom is 0.328 e. The summed E-state index contributed by atoms with van der Waals surface area (Å²) < 4.78 is 0. The number of fused-ring (bicyclic) bond motifs is 1. The average Bonchev–Trinajstić information content (AvgIpc) is 2.71. The molecule has 2 aliphatic rings. The summed E-state index contributed by atoms with van der Waals surface area (Å²) in [6.07, 6.45) is 0.760. The van der Waals surface area contributed by atoms with Crippen LogP contribution in [-0.4, -0.2) is 67.8 Å². The van der Waals surface area contributed by atoms with Gasteiger partial charge in [-0.15, -0.1) is 0 Å². The SMILES string of the molecule is CC(=O)S[C@H](Cc1ccccc1)C(=O)NC1CC(=O)N2CCC[C@@H](C(=O)O)N2C1=O. The molecule has 0 aliphatic carbocycles. The van der Waals surface area contributed by atoms with Gasteiger partial charge in [0, 0.05) is 13.5 Å². The number of carbonyl (C=O) groups is 5. The van der Waals surface area contributed by atoms with Crippen LogP contribution in [0.5, 0.6) is 0 Å². The van der Waals surface area contributed by atoms with E-state index in [0.29, 0.717) is 6.42 Å². The van der Waals surface area contributed by atoms with E-state index in [9.17, 15) is 29.1 Å². The molecule has 0 aromatic heterocycles. The molecule has 10 heteroatoms. The van der Waals surface area contributed by atoms with Gasteiger partial charge in [-0.25, -0.2) is 9.80 Å². The number of carbonyl (C=O) groups excluding carboxylic acids is 4. The van der Waals surface area contributed by atoms with Crippen molar-refractivity contribution in [2.24, 2.45) is 0 Å². The van der Waals surface area contributed by atoms with Gasteiger partial charge < -0.3 is 10.4 Å². The van der Waals surface area contributed by atoms with E-state index in [-0.39, 0.29) is 30.9 Å². The van der Waals surface area contributed by atoms with Gasteiger partial charge in [0.2, 0.25) is 11.8 Å². The number of thioether (sulfide) groups is 1. The molecule has 0 saturated carbocycles. The largest absolute Gasteiger partial charge is 0.480 e. The van der Waals surface area contributed by atoms with Crippen molar-refractivity contribution in [1.29, 1.82) is 0 Å². The number of hydrogen-bond acceptors (Lipinski definition) is 6. The quantitative estimate of drug-likeness (QED) is 0.673. The Kier molecular flexibility index (Phi) is 6.76. The van der Waals surface area contributed by atoms with Gasteiger partial charge in [0.05, 0.1) is 11.7 Å². The third-order valence-electron chi connectivity index (χ3n) is 5.06. The lowest BCUT2D eigenvalue weighted by Crippen LogP contribution is -2.68. The molecule has 2 N–H and O–H groups in total. The molecular weight excluding hydrogens is 410 g/mol. The highest BCUT2D eigenvalue weighted by Crippen LogP contribution is 2.26. The molecule has 0 bridgehead atoms. The highest BCUT2D eigenvalue weighted by molar-refractivity contribution is 8.14. The standard InChI is InChI=1S/C20H23N3O6S/c1-12(24)30-16(10-13-6-3-2-4-7-13)18(26)21-14-11-17(25)22-9-5-8-15(20(28)29)23(22)19(14)27/h2-4,6-7,14-16H,5,8-11H2,1H3,(H,21,26)(H,28,29)/t14?,15-,16+/m0/s1. The second kappa shape index (κ2) is 9.29. The average molecular weight is 433 g/mol. The lowest BCUT2D eigenvalue weighted by atomic mass is 10.0. The summed E-state index contributed by atoms with van der Waals surface area (Å²) in [7, 11) is 0. The number of hydrogen-bond donors (Lipinski definition) is 2. The Hall–Kier alpha value is -2.88. The summed E-state index contributed by atoms with van der Waals surface area (Å²) >= 11 is 0.856. The molecule has 2 saturated heterocycles. The molecule has 0 radical (unpaired) electrons. The number of amides is 3. The first kappa shape index (κ1) is 21.8. The Balaban J connectivity index is 1.76. The number of carboxylic acid groups (broad SMARTS) is 1. The third kappa shape index (κ3) is 4.81. The molecule has 2 fully saturated rings. The molecule has 1 aromatic rings. The monoisotopic (exact) mass is 433 g/mol. The zero-order valence-corrected chi connectivity index (χ0v) is 17.3. The molecule has 3 amide bonds. The fourth-order valence-corrected chi connectivity index (χ4v) is 4.55. The Morgan fingerprint density at radius 3 is 2.57 bits per heavy atom. The van der Waals surface area contributed by atoms with Gasteiger partial charge in [-0.1, -0.05) is 42.1 Å². The highest BCUT2D eigenvalue weighted by Gasteiger charge is 2.47. The molecule has 160 valence electrons. The maximum absolute atomic E-state index is 12.9. The number of aliphatic carboxylic acids is 1. The maximum atomic E-state index is 12.9. The van der Waals surface area contributed by atoms with E-state index in [1.54, 1.807) is 0 Å². The van der Waals surface area contributed by atoms with E-state index in [2.05, 4.69) is 5.32 Å². The fraction of sp³-hybridized carbons (Fsp3) is 0.450. The summed E-state index contributed by atoms with van der Waals surface area (Å²) in [5.74, 6) is -2.77. The topological polar surface area (TPSA) is 124 Å². The minimum Gasteiger partial charge on any atom is -0.480 e. The number of nitrogens with one attached hydrogen (secondary N) is 1. The molecule has 3 atom stereocenters. The first-order valence-corrected chi connectivity index (χ1v) is 10.5. The Morgan fingerprint density at radius 1 is 1.23 bits per heavy atom. The second-order valence-electron chi connectivity index (χ2n) is 7.25. The molecule has 30 heavy (non-hydrogen) atoms. The number of carboxylic acids is 1. The molecule has 1 unspecified atom stereocenters. The normalized spacial score (nSPS) is 22.3. The lowest BCUT2D eigenvalue weighted by molar-refractivity contribution is -0.190. The zero-order valence-electron chi connectivity index (χ0n) is 16.4. The van der Waals surface area contributed by atoms with E-state index >= 15 is 0 Å². The van der Waals surface area contributed by atoms with Gasteiger partial charge in [0.25, 0.3) is 5.91 Å². The van der Waals surface area contributed by atoms with Crippen LogP contribution in [-0.2, 0) is 30.4 Å². The van der Waals surface area contributed by atoms with Crippen molar-refractivity contribution in [3.05, 3.63) is 35.9 Å². The predicted octanol–water partition coefficient (Wildman–Crippen LogP) is 0.585. The number of benzene rings is 1. The van der Waals surface area contributed by atoms with Crippen LogP contribution in [0.4, 0.5) is 0 Å². The zero-order chi connectivity index (χ0) is 21.8. The summed E-state index contributed by atoms with van der Waals surface area (Å²) in [5.41, 5.74) is 0.852. The van der Waals surface area contributed by atoms with E-state index in [4.69, 9.17) is 0 Å². The lowest BCUT2D eigenvalue weighted by Gasteiger charge is -2.46. The number of hydrazine groups is 1. The van der Waals surface area contributed by atoms with Crippen LogP contribution in [0.2, 0.25) is 0 Å². The van der Waals surface area contributed by atoms with Crippen molar-refractivity contribution in [2.75, 3.05) is 6.54 Å². The molecule has 2 heterocycles. The summed E-state index contributed by atoms with van der Waals surface area (Å²) in [6.45, 7) is 1.63. The van der Waals surface area contributed by atoms with Gasteiger partial charge in [-0.05, 0) is 24.8 Å². The predicted molar refractivity (Wildman–Crippen MR) is 108 cm³/mol. The van der Waals surface area contributed by atoms with Crippen molar-refractivity contribution in [1.82, 2.24) is 15.3 Å². The van der Waals surface area contributed by atoms with Crippen molar-refractivity contribution in [2.45, 2.75) is 49.9 Å². The molecule has 0 spiro atoms. The van der Waals surface area contributed by atoms with E-state index in [1.165, 1.54) is 11.9 Å². The summed E-state index contributed by atoms with van der Waals surface area (Å²) in [5, 5.41) is 13.1. The molecular formula is C20H23N3O6S. The van der Waals surface area contributed by atoms with Crippen molar-refractivity contribution < 1.29 is 29.1 Å². The molecule has 1 aromatic carbocycles. The summed E-state index contributed by atoms with van der Waals surface area (Å²) in [4.78, 5) is 61.5. The number of rotatable bonds is 6.